The van der Waals surface area contributed by atoms with Gasteiger partial charge in [0.1, 0.15) is 5.75 Å². The first-order valence-electron chi connectivity index (χ1n) is 12.8. The lowest BCUT2D eigenvalue weighted by Gasteiger charge is -2.41. The predicted molar refractivity (Wildman–Crippen MR) is 132 cm³/mol. The summed E-state index contributed by atoms with van der Waals surface area (Å²) in [5, 5.41) is 15.6. The Kier molecular flexibility index (Phi) is 7.32. The van der Waals surface area contributed by atoms with Crippen LogP contribution in [0, 0.1) is 0 Å². The summed E-state index contributed by atoms with van der Waals surface area (Å²) in [6, 6.07) is 10.3. The number of tetrazole rings is 1. The average Bonchev–Trinajstić information content (AvgIpc) is 3.44. The number of benzene rings is 2. The minimum absolute atomic E-state index is 0.103. The second-order valence-electron chi connectivity index (χ2n) is 9.91. The van der Waals surface area contributed by atoms with Crippen LogP contribution >= 0.6 is 0 Å². The molecule has 1 atom stereocenters. The van der Waals surface area contributed by atoms with Crippen LogP contribution in [0.2, 0.25) is 0 Å². The molecule has 5 rings (SSSR count). The average molecular weight is 566 g/mol. The maximum absolute atomic E-state index is 14.9. The van der Waals surface area contributed by atoms with Gasteiger partial charge in [-0.15, -0.1) is 10.2 Å². The molecule has 2 aromatic carbocycles. The molecule has 1 aliphatic heterocycles. The molecule has 2 aliphatic rings. The van der Waals surface area contributed by atoms with Crippen molar-refractivity contribution in [1.82, 2.24) is 25.9 Å². The van der Waals surface area contributed by atoms with E-state index in [0.717, 1.165) is 48.9 Å². The standard InChI is InChI=1S/C27H25F6N5O2/c28-26(29,30)12-3-13-40-20-10-8-19(9-11-20)25(27(31,32)33)15-21(22(24(39)34-25)23-35-37-38-36-23)18-7-6-16-4-1-2-5-17(16)14-18/h6-11,14H,1-5,12-13,15H2,(H,34,39)(H,35,36,37,38). The van der Waals surface area contributed by atoms with E-state index in [-0.39, 0.29) is 41.3 Å². The molecular weight excluding hydrogens is 540 g/mol. The normalized spacial score (nSPS) is 19.8. The van der Waals surface area contributed by atoms with Crippen LogP contribution in [-0.2, 0) is 23.2 Å². The molecule has 0 spiro atoms. The van der Waals surface area contributed by atoms with Gasteiger partial charge >= 0.3 is 12.4 Å². The Hall–Kier alpha value is -3.90. The van der Waals surface area contributed by atoms with Crippen molar-refractivity contribution in [1.29, 1.82) is 0 Å². The number of ether oxygens (including phenoxy) is 1. The number of nitrogens with one attached hydrogen (secondary N) is 2. The summed E-state index contributed by atoms with van der Waals surface area (Å²) in [6.07, 6.45) is -7.54. The minimum atomic E-state index is -4.92. The van der Waals surface area contributed by atoms with Crippen molar-refractivity contribution in [2.75, 3.05) is 6.61 Å². The van der Waals surface area contributed by atoms with Crippen molar-refractivity contribution in [2.24, 2.45) is 0 Å². The van der Waals surface area contributed by atoms with E-state index in [4.69, 9.17) is 4.74 Å². The van der Waals surface area contributed by atoms with E-state index in [1.165, 1.54) is 12.1 Å². The molecule has 3 aromatic rings. The number of fused-ring (bicyclic) bond motifs is 1. The predicted octanol–water partition coefficient (Wildman–Crippen LogP) is 5.69. The molecular formula is C27H25F6N5O2. The summed E-state index contributed by atoms with van der Waals surface area (Å²) in [5.41, 5.74) is -0.397. The Balaban J connectivity index is 1.52. The number of aromatic amines is 1. The second kappa shape index (κ2) is 10.6. The number of nitrogens with zero attached hydrogens (tertiary/aromatic N) is 3. The summed E-state index contributed by atoms with van der Waals surface area (Å²) in [5.74, 6) is -1.02. The van der Waals surface area contributed by atoms with Gasteiger partial charge in [0.25, 0.3) is 5.91 Å². The first kappa shape index (κ1) is 27.7. The Labute approximate surface area is 225 Å². The number of rotatable bonds is 7. The Morgan fingerprint density at radius 3 is 2.33 bits per heavy atom. The molecule has 40 heavy (non-hydrogen) atoms. The van der Waals surface area contributed by atoms with Gasteiger partial charge in [-0.2, -0.15) is 31.6 Å². The maximum Gasteiger partial charge on any atom is 0.416 e. The topological polar surface area (TPSA) is 92.8 Å². The summed E-state index contributed by atoms with van der Waals surface area (Å²) in [4.78, 5) is 13.4. The second-order valence-corrected chi connectivity index (χ2v) is 9.91. The molecule has 1 unspecified atom stereocenters. The summed E-state index contributed by atoms with van der Waals surface area (Å²) < 4.78 is 87.2. The molecule has 2 N–H and O–H groups in total. The summed E-state index contributed by atoms with van der Waals surface area (Å²) in [6.45, 7) is -0.251. The number of alkyl halides is 6. The third-order valence-corrected chi connectivity index (χ3v) is 7.27. The zero-order valence-corrected chi connectivity index (χ0v) is 21.1. The van der Waals surface area contributed by atoms with Gasteiger partial charge in [0.2, 0.25) is 5.82 Å². The van der Waals surface area contributed by atoms with E-state index in [1.807, 2.05) is 12.1 Å². The van der Waals surface area contributed by atoms with Gasteiger partial charge in [0, 0.05) is 12.8 Å². The fraction of sp³-hybridized carbons (Fsp3) is 0.407. The first-order chi connectivity index (χ1) is 19.0. The number of carbonyl (C=O) groups excluding carboxylic acids is 1. The van der Waals surface area contributed by atoms with Crippen LogP contribution in [-0.4, -0.2) is 45.5 Å². The third-order valence-electron chi connectivity index (χ3n) is 7.27. The molecule has 0 saturated heterocycles. The zero-order chi connectivity index (χ0) is 28.5. The van der Waals surface area contributed by atoms with Gasteiger partial charge in [0.05, 0.1) is 12.2 Å². The van der Waals surface area contributed by atoms with Crippen LogP contribution in [0.3, 0.4) is 0 Å². The lowest BCUT2D eigenvalue weighted by Crippen LogP contribution is -2.58. The number of amides is 1. The monoisotopic (exact) mass is 565 g/mol. The molecule has 2 heterocycles. The Bertz CT molecular complexity index is 1400. The van der Waals surface area contributed by atoms with Crippen LogP contribution in [0.25, 0.3) is 11.1 Å². The van der Waals surface area contributed by atoms with Gasteiger partial charge in [-0.3, -0.25) is 4.79 Å². The third kappa shape index (κ3) is 5.54. The van der Waals surface area contributed by atoms with E-state index < -0.39 is 36.6 Å². The van der Waals surface area contributed by atoms with Crippen molar-refractivity contribution in [3.63, 3.8) is 0 Å². The van der Waals surface area contributed by atoms with Gasteiger partial charge < -0.3 is 10.1 Å². The molecule has 13 heteroatoms. The highest BCUT2D eigenvalue weighted by Crippen LogP contribution is 2.50. The molecule has 1 aliphatic carbocycles. The number of halogens is 6. The molecule has 0 fully saturated rings. The SMILES string of the molecule is O=C1NC(c2ccc(OCCCC(F)(F)F)cc2)(C(F)(F)F)CC(c2ccc3c(c2)CCCC3)=C1c1nn[nH]n1. The maximum atomic E-state index is 14.9. The number of aryl methyl sites for hydroxylation is 2. The summed E-state index contributed by atoms with van der Waals surface area (Å²) in [7, 11) is 0. The van der Waals surface area contributed by atoms with E-state index >= 15 is 0 Å². The highest BCUT2D eigenvalue weighted by Gasteiger charge is 2.60. The number of carbonyl (C=O) groups is 1. The number of hydrogen-bond donors (Lipinski definition) is 2. The van der Waals surface area contributed by atoms with Crippen LogP contribution in [0.15, 0.2) is 42.5 Å². The quantitative estimate of drug-likeness (QED) is 0.284. The smallest absolute Gasteiger partial charge is 0.416 e. The van der Waals surface area contributed by atoms with Gasteiger partial charge in [-0.1, -0.05) is 30.3 Å². The van der Waals surface area contributed by atoms with Crippen molar-refractivity contribution < 1.29 is 35.9 Å². The molecule has 212 valence electrons. The van der Waals surface area contributed by atoms with Crippen molar-refractivity contribution in [2.45, 2.75) is 62.8 Å². The minimum Gasteiger partial charge on any atom is -0.494 e. The van der Waals surface area contributed by atoms with Crippen LogP contribution < -0.4 is 10.1 Å². The fourth-order valence-electron chi connectivity index (χ4n) is 5.27. The molecule has 1 amide bonds. The van der Waals surface area contributed by atoms with Gasteiger partial charge in [-0.05, 0) is 77.3 Å². The van der Waals surface area contributed by atoms with Crippen LogP contribution in [0.4, 0.5) is 26.3 Å². The zero-order valence-electron chi connectivity index (χ0n) is 21.1. The molecule has 0 saturated carbocycles. The molecule has 1 aromatic heterocycles. The van der Waals surface area contributed by atoms with E-state index in [1.54, 1.807) is 6.07 Å². The molecule has 7 nitrogen and oxygen atoms in total. The van der Waals surface area contributed by atoms with E-state index in [9.17, 15) is 31.1 Å². The number of H-pyrrole nitrogens is 1. The number of hydrogen-bond acceptors (Lipinski definition) is 5. The number of aromatic nitrogens is 4. The van der Waals surface area contributed by atoms with Gasteiger partial charge in [-0.25, -0.2) is 0 Å². The van der Waals surface area contributed by atoms with Crippen molar-refractivity contribution in [3.05, 3.63) is 70.5 Å². The molecule has 0 radical (unpaired) electrons. The van der Waals surface area contributed by atoms with Gasteiger partial charge in [0.15, 0.2) is 5.54 Å². The van der Waals surface area contributed by atoms with E-state index in [2.05, 4.69) is 25.9 Å². The molecule has 0 bridgehead atoms. The van der Waals surface area contributed by atoms with Crippen LogP contribution in [0.1, 0.15) is 60.2 Å². The highest BCUT2D eigenvalue weighted by molar-refractivity contribution is 6.27. The van der Waals surface area contributed by atoms with Crippen LogP contribution in [0.5, 0.6) is 5.75 Å². The fourth-order valence-corrected chi connectivity index (χ4v) is 5.27. The Morgan fingerprint density at radius 1 is 0.950 bits per heavy atom. The first-order valence-corrected chi connectivity index (χ1v) is 12.8. The largest absolute Gasteiger partial charge is 0.494 e. The van der Waals surface area contributed by atoms with Crippen molar-refractivity contribution >= 4 is 17.1 Å². The van der Waals surface area contributed by atoms with Crippen molar-refractivity contribution in [3.8, 4) is 5.75 Å². The summed E-state index contributed by atoms with van der Waals surface area (Å²) >= 11 is 0. The van der Waals surface area contributed by atoms with E-state index in [0.29, 0.717) is 5.56 Å². The lowest BCUT2D eigenvalue weighted by atomic mass is 9.75. The highest BCUT2D eigenvalue weighted by atomic mass is 19.4. The Morgan fingerprint density at radius 2 is 1.68 bits per heavy atom. The lowest BCUT2D eigenvalue weighted by molar-refractivity contribution is -0.201.